The molecule has 0 heterocycles. The lowest BCUT2D eigenvalue weighted by atomic mass is 10.0. The van der Waals surface area contributed by atoms with Gasteiger partial charge in [0.1, 0.15) is 6.61 Å². The highest BCUT2D eigenvalue weighted by Crippen LogP contribution is 2.43. The number of carbonyl (C=O) groups excluding carboxylic acids is 2. The van der Waals surface area contributed by atoms with Gasteiger partial charge in [0.2, 0.25) is 0 Å². The second kappa shape index (κ2) is 57.9. The summed E-state index contributed by atoms with van der Waals surface area (Å²) in [6.07, 6.45) is 79.3. The fourth-order valence-electron chi connectivity index (χ4n) is 7.94. The molecular weight excluding hydrogens is 930 g/mol. The van der Waals surface area contributed by atoms with Crippen LogP contribution in [0.25, 0.3) is 0 Å². The zero-order valence-corrected chi connectivity index (χ0v) is 47.5. The number of ether oxygens (including phenoxy) is 2. The molecule has 0 bridgehead atoms. The lowest BCUT2D eigenvalue weighted by Gasteiger charge is -2.19. The summed E-state index contributed by atoms with van der Waals surface area (Å²) in [6, 6.07) is 0. The minimum atomic E-state index is -4.41. The molecule has 0 aromatic heterocycles. The van der Waals surface area contributed by atoms with Gasteiger partial charge in [0.05, 0.1) is 19.6 Å². The van der Waals surface area contributed by atoms with Crippen LogP contribution in [0.1, 0.15) is 245 Å². The number of hydrogen-bond acceptors (Lipinski definition) is 8. The number of rotatable bonds is 54. The summed E-state index contributed by atoms with van der Waals surface area (Å²) in [4.78, 5) is 35.0. The smallest absolute Gasteiger partial charge is 0.462 e. The van der Waals surface area contributed by atoms with Crippen LogP contribution >= 0.6 is 7.82 Å². The molecule has 3 N–H and O–H groups in total. The van der Waals surface area contributed by atoms with Crippen molar-refractivity contribution in [2.75, 3.05) is 26.4 Å². The maximum atomic E-state index is 12.6. The second-order valence-electron chi connectivity index (χ2n) is 19.1. The fraction of sp³-hybridized carbons (Fsp3) is 0.683. The Bertz CT molecular complexity index is 1560. The Kier molecular flexibility index (Phi) is 55.3. The Balaban J connectivity index is 3.85. The monoisotopic (exact) mass is 1040 g/mol. The van der Waals surface area contributed by atoms with Gasteiger partial charge in [-0.2, -0.15) is 0 Å². The van der Waals surface area contributed by atoms with Crippen molar-refractivity contribution in [3.05, 3.63) is 109 Å². The summed E-state index contributed by atoms with van der Waals surface area (Å²) in [5.74, 6) is -0.974. The lowest BCUT2D eigenvalue weighted by molar-refractivity contribution is -0.160. The molecule has 0 saturated heterocycles. The highest BCUT2D eigenvalue weighted by Gasteiger charge is 2.25. The summed E-state index contributed by atoms with van der Waals surface area (Å²) in [7, 11) is -4.41. The average molecular weight is 1040 g/mol. The fourth-order valence-corrected chi connectivity index (χ4v) is 8.70. The number of hydrogen-bond donors (Lipinski definition) is 2. The third-order valence-electron chi connectivity index (χ3n) is 12.2. The number of unbranched alkanes of at least 4 members (excludes halogenated alkanes) is 24. The van der Waals surface area contributed by atoms with E-state index in [2.05, 4.69) is 105 Å². The zero-order chi connectivity index (χ0) is 53.1. The van der Waals surface area contributed by atoms with E-state index in [1.54, 1.807) is 6.08 Å². The summed E-state index contributed by atoms with van der Waals surface area (Å²) < 4.78 is 32.8. The topological polar surface area (TPSA) is 134 Å². The van der Waals surface area contributed by atoms with E-state index in [1.165, 1.54) is 141 Å². The van der Waals surface area contributed by atoms with Crippen LogP contribution in [-0.4, -0.2) is 49.3 Å². The Morgan fingerprint density at radius 3 is 1.12 bits per heavy atom. The Morgan fingerprint density at radius 2 is 0.753 bits per heavy atom. The predicted molar refractivity (Wildman–Crippen MR) is 311 cm³/mol. The van der Waals surface area contributed by atoms with Crippen molar-refractivity contribution < 1.29 is 37.6 Å². The van der Waals surface area contributed by atoms with Crippen LogP contribution < -0.4 is 5.73 Å². The molecule has 0 aromatic rings. The zero-order valence-electron chi connectivity index (χ0n) is 46.6. The highest BCUT2D eigenvalue weighted by molar-refractivity contribution is 7.47. The van der Waals surface area contributed by atoms with Gasteiger partial charge in [0, 0.05) is 13.0 Å². The molecule has 0 amide bonds. The maximum Gasteiger partial charge on any atom is 0.472 e. The van der Waals surface area contributed by atoms with E-state index in [0.29, 0.717) is 6.42 Å². The molecule has 0 fully saturated rings. The van der Waals surface area contributed by atoms with E-state index in [1.807, 2.05) is 12.2 Å². The summed E-state index contributed by atoms with van der Waals surface area (Å²) >= 11 is 0. The Morgan fingerprint density at radius 1 is 0.425 bits per heavy atom. The number of esters is 2. The maximum absolute atomic E-state index is 12.6. The molecule has 10 heteroatoms. The van der Waals surface area contributed by atoms with Crippen LogP contribution in [0.4, 0.5) is 0 Å². The Labute approximate surface area is 448 Å². The molecule has 0 aliphatic heterocycles. The largest absolute Gasteiger partial charge is 0.472 e. The van der Waals surface area contributed by atoms with Gasteiger partial charge in [0.25, 0.3) is 0 Å². The molecule has 9 nitrogen and oxygen atoms in total. The molecule has 0 aliphatic rings. The molecule has 73 heavy (non-hydrogen) atoms. The first-order valence-corrected chi connectivity index (χ1v) is 30.9. The minimum absolute atomic E-state index is 0.00449. The molecule has 0 radical (unpaired) electrons. The van der Waals surface area contributed by atoms with Gasteiger partial charge < -0.3 is 20.1 Å². The molecule has 0 aromatic carbocycles. The van der Waals surface area contributed by atoms with Crippen molar-refractivity contribution >= 4 is 19.8 Å². The van der Waals surface area contributed by atoms with Gasteiger partial charge in [-0.15, -0.1) is 0 Å². The molecular formula is C63H108NO8P. The van der Waals surface area contributed by atoms with Crippen molar-refractivity contribution in [3.8, 4) is 0 Å². The number of nitrogens with two attached hydrogens (primary N) is 1. The van der Waals surface area contributed by atoms with Crippen LogP contribution in [0.5, 0.6) is 0 Å². The number of allylic oxidation sites excluding steroid dienone is 17. The lowest BCUT2D eigenvalue weighted by Crippen LogP contribution is -2.29. The Hall–Kier alpha value is -3.33. The van der Waals surface area contributed by atoms with Gasteiger partial charge in [0.15, 0.2) is 6.10 Å². The first-order chi connectivity index (χ1) is 35.8. The van der Waals surface area contributed by atoms with Crippen molar-refractivity contribution in [3.63, 3.8) is 0 Å². The molecule has 0 saturated carbocycles. The van der Waals surface area contributed by atoms with Gasteiger partial charge in [-0.1, -0.05) is 264 Å². The number of phosphoric acid groups is 1. The first kappa shape index (κ1) is 69.7. The number of phosphoric ester groups is 1. The van der Waals surface area contributed by atoms with Gasteiger partial charge in [-0.05, 0) is 77.0 Å². The summed E-state index contributed by atoms with van der Waals surface area (Å²) in [6.45, 7) is 3.40. The van der Waals surface area contributed by atoms with E-state index >= 15 is 0 Å². The van der Waals surface area contributed by atoms with Crippen molar-refractivity contribution in [2.45, 2.75) is 251 Å². The molecule has 2 atom stereocenters. The van der Waals surface area contributed by atoms with Crippen LogP contribution in [0, 0.1) is 0 Å². The first-order valence-electron chi connectivity index (χ1n) is 29.4. The van der Waals surface area contributed by atoms with Crippen LogP contribution in [0.2, 0.25) is 0 Å². The molecule has 0 spiro atoms. The third kappa shape index (κ3) is 57.8. The van der Waals surface area contributed by atoms with Crippen molar-refractivity contribution in [1.82, 2.24) is 0 Å². The van der Waals surface area contributed by atoms with E-state index in [-0.39, 0.29) is 32.6 Å². The number of carbonyl (C=O) groups is 2. The summed E-state index contributed by atoms with van der Waals surface area (Å²) in [5.41, 5.74) is 5.36. The highest BCUT2D eigenvalue weighted by atomic mass is 31.2. The third-order valence-corrected chi connectivity index (χ3v) is 13.2. The average Bonchev–Trinajstić information content (AvgIpc) is 3.38. The standard InChI is InChI=1S/C63H108NO8P/c1-3-5-7-9-11-13-15-17-19-20-21-22-23-24-25-26-27-28-29-30-31-32-33-34-35-36-37-38-39-40-42-43-45-47-49-51-53-55-62(65)69-59-61(60-71-73(67,68)70-58-57-64)72-63(66)56-54-52-50-48-46-44-41-18-16-14-12-10-8-6-4-2/h5-8,11-14,17-19,21-22,41,46,48,52,54,61H,3-4,9-10,15-16,20,23-40,42-45,47,49-51,53,55-60,64H2,1-2H3,(H,67,68)/b7-5-,8-6-,13-11-,14-12-,19-17-,22-21-,41-18-,48-46-,54-52-. The van der Waals surface area contributed by atoms with Crippen LogP contribution in [-0.2, 0) is 32.7 Å². The second-order valence-corrected chi connectivity index (χ2v) is 20.6. The molecule has 0 rings (SSSR count). The van der Waals surface area contributed by atoms with E-state index in [0.717, 1.165) is 70.6 Å². The van der Waals surface area contributed by atoms with Crippen molar-refractivity contribution in [1.29, 1.82) is 0 Å². The van der Waals surface area contributed by atoms with Gasteiger partial charge >= 0.3 is 19.8 Å². The molecule has 2 unspecified atom stereocenters. The summed E-state index contributed by atoms with van der Waals surface area (Å²) in [5, 5.41) is 0. The quantitative estimate of drug-likeness (QED) is 0.0264. The van der Waals surface area contributed by atoms with Crippen LogP contribution in [0.3, 0.4) is 0 Å². The molecule has 418 valence electrons. The normalized spacial score (nSPS) is 13.9. The predicted octanol–water partition coefficient (Wildman–Crippen LogP) is 18.6. The minimum Gasteiger partial charge on any atom is -0.462 e. The van der Waals surface area contributed by atoms with Crippen molar-refractivity contribution in [2.24, 2.45) is 5.73 Å². The van der Waals surface area contributed by atoms with Crippen LogP contribution in [0.15, 0.2) is 109 Å². The van der Waals surface area contributed by atoms with E-state index in [9.17, 15) is 19.0 Å². The van der Waals surface area contributed by atoms with E-state index < -0.39 is 32.5 Å². The van der Waals surface area contributed by atoms with E-state index in [4.69, 9.17) is 24.3 Å². The molecule has 0 aliphatic carbocycles. The SMILES string of the molecule is CC/C=C\C/C=C\C/C=C\C/C=C\C/C=C\CC(=O)OC(COC(=O)CCCCCCCCCCCCCCCCCCCCCCCCCC/C=C\C/C=C\C/C=C\C/C=C\CC)COP(=O)(O)OCCN. The van der Waals surface area contributed by atoms with Gasteiger partial charge in [-0.25, -0.2) is 4.57 Å². The van der Waals surface area contributed by atoms with Gasteiger partial charge in [-0.3, -0.25) is 18.6 Å².